The van der Waals surface area contributed by atoms with Crippen LogP contribution >= 0.6 is 0 Å². The predicted molar refractivity (Wildman–Crippen MR) is 145 cm³/mol. The van der Waals surface area contributed by atoms with Gasteiger partial charge in [0, 0.05) is 7.05 Å². The number of sulfonamides is 1. The van der Waals surface area contributed by atoms with Crippen molar-refractivity contribution in [2.24, 2.45) is 0 Å². The third-order valence-corrected chi connectivity index (χ3v) is 8.77. The molecule has 0 saturated carbocycles. The van der Waals surface area contributed by atoms with E-state index in [2.05, 4.69) is 6.07 Å². The molecule has 2 saturated heterocycles. The Morgan fingerprint density at radius 3 is 1.77 bits per heavy atom. The number of rotatable bonds is 8. The Kier molecular flexibility index (Phi) is 7.14. The average molecular weight is 549 g/mol. The lowest BCUT2D eigenvalue weighted by molar-refractivity contribution is -0.221. The Balaban J connectivity index is 1.63. The van der Waals surface area contributed by atoms with Crippen molar-refractivity contribution < 1.29 is 27.4 Å². The highest BCUT2D eigenvalue weighted by Gasteiger charge is 2.68. The minimum absolute atomic E-state index is 0.133. The molecule has 2 aliphatic rings. The van der Waals surface area contributed by atoms with E-state index in [0.29, 0.717) is 0 Å². The van der Waals surface area contributed by atoms with E-state index in [-0.39, 0.29) is 6.61 Å². The fourth-order valence-electron chi connectivity index (χ4n) is 5.57. The number of hydrogen-bond acceptors (Lipinski definition) is 7. The van der Waals surface area contributed by atoms with Gasteiger partial charge in [-0.2, -0.15) is 9.57 Å². The Morgan fingerprint density at radius 1 is 0.897 bits per heavy atom. The average Bonchev–Trinajstić information content (AvgIpc) is 3.39. The molecule has 0 amide bonds. The van der Waals surface area contributed by atoms with Crippen LogP contribution in [0, 0.1) is 11.3 Å². The second-order valence-electron chi connectivity index (χ2n) is 10.3. The van der Waals surface area contributed by atoms with Gasteiger partial charge in [0.1, 0.15) is 17.8 Å². The van der Waals surface area contributed by atoms with Crippen molar-refractivity contribution in [1.29, 1.82) is 5.26 Å². The molecule has 4 atom stereocenters. The monoisotopic (exact) mass is 548 g/mol. The van der Waals surface area contributed by atoms with Gasteiger partial charge in [-0.1, -0.05) is 91.0 Å². The lowest BCUT2D eigenvalue weighted by atomic mass is 9.80. The number of benzene rings is 3. The second kappa shape index (κ2) is 10.1. The molecule has 9 heteroatoms. The van der Waals surface area contributed by atoms with Crippen molar-refractivity contribution in [2.75, 3.05) is 19.9 Å². The summed E-state index contributed by atoms with van der Waals surface area (Å²) in [6.45, 7) is 3.27. The summed E-state index contributed by atoms with van der Waals surface area (Å²) < 4.78 is 51.8. The third-order valence-electron chi connectivity index (χ3n) is 7.47. The van der Waals surface area contributed by atoms with Crippen LogP contribution < -0.4 is 0 Å². The molecule has 0 bridgehead atoms. The molecule has 0 radical (unpaired) electrons. The molecule has 204 valence electrons. The van der Waals surface area contributed by atoms with Gasteiger partial charge in [-0.25, -0.2) is 8.42 Å². The number of nitrogens with zero attached hydrogens (tertiary/aromatic N) is 2. The third kappa shape index (κ3) is 4.67. The molecule has 2 heterocycles. The van der Waals surface area contributed by atoms with E-state index in [9.17, 15) is 13.7 Å². The predicted octanol–water partition coefficient (Wildman–Crippen LogP) is 4.03. The summed E-state index contributed by atoms with van der Waals surface area (Å²) >= 11 is 0. The highest BCUT2D eigenvalue weighted by Crippen LogP contribution is 2.48. The maximum atomic E-state index is 12.8. The van der Waals surface area contributed by atoms with E-state index < -0.39 is 45.4 Å². The van der Waals surface area contributed by atoms with Crippen molar-refractivity contribution in [1.82, 2.24) is 4.31 Å². The van der Waals surface area contributed by atoms with E-state index in [1.165, 1.54) is 7.05 Å². The first-order valence-corrected chi connectivity index (χ1v) is 14.6. The second-order valence-corrected chi connectivity index (χ2v) is 12.3. The first kappa shape index (κ1) is 27.5. The van der Waals surface area contributed by atoms with Gasteiger partial charge in [0.25, 0.3) is 0 Å². The fraction of sp³-hybridized carbons (Fsp3) is 0.367. The summed E-state index contributed by atoms with van der Waals surface area (Å²) in [6, 6.07) is 31.6. The smallest absolute Gasteiger partial charge is 0.212 e. The van der Waals surface area contributed by atoms with Crippen molar-refractivity contribution in [3.63, 3.8) is 0 Å². The summed E-state index contributed by atoms with van der Waals surface area (Å²) in [4.78, 5) is 0. The topological polar surface area (TPSA) is 98.1 Å². The van der Waals surface area contributed by atoms with E-state index in [0.717, 1.165) is 27.3 Å². The van der Waals surface area contributed by atoms with Crippen LogP contribution in [-0.2, 0) is 34.6 Å². The first-order valence-electron chi connectivity index (χ1n) is 12.7. The largest absolute Gasteiger partial charge is 0.358 e. The summed E-state index contributed by atoms with van der Waals surface area (Å²) in [5.74, 6) is -1.05. The van der Waals surface area contributed by atoms with Gasteiger partial charge in [-0.15, -0.1) is 0 Å². The molecule has 0 aromatic heterocycles. The normalized spacial score (nSPS) is 26.3. The zero-order valence-corrected chi connectivity index (χ0v) is 23.2. The number of likely N-dealkylation sites (N-methyl/N-ethyl adjacent to an activating group) is 1. The lowest BCUT2D eigenvalue weighted by Crippen LogP contribution is -2.62. The van der Waals surface area contributed by atoms with Crippen LogP contribution in [0.1, 0.15) is 30.5 Å². The van der Waals surface area contributed by atoms with Crippen LogP contribution in [0.15, 0.2) is 91.0 Å². The van der Waals surface area contributed by atoms with Crippen molar-refractivity contribution in [2.45, 2.75) is 49.3 Å². The zero-order chi connectivity index (χ0) is 27.9. The molecule has 8 nitrogen and oxygen atoms in total. The zero-order valence-electron chi connectivity index (χ0n) is 22.4. The Bertz CT molecular complexity index is 1350. The van der Waals surface area contributed by atoms with Crippen LogP contribution in [-0.4, -0.2) is 62.5 Å². The molecule has 3 aromatic rings. The van der Waals surface area contributed by atoms with Crippen molar-refractivity contribution in [3.8, 4) is 6.07 Å². The number of hydrogen-bond donors (Lipinski definition) is 0. The molecule has 5 rings (SSSR count). The van der Waals surface area contributed by atoms with Crippen LogP contribution in [0.25, 0.3) is 0 Å². The molecule has 39 heavy (non-hydrogen) atoms. The van der Waals surface area contributed by atoms with E-state index in [4.69, 9.17) is 18.9 Å². The van der Waals surface area contributed by atoms with Gasteiger partial charge in [-0.3, -0.25) is 0 Å². The molecule has 3 aromatic carbocycles. The highest BCUT2D eigenvalue weighted by atomic mass is 32.2. The molecular formula is C30H32N2O6S. The molecule has 0 N–H and O–H groups in total. The quantitative estimate of drug-likeness (QED) is 0.392. The minimum Gasteiger partial charge on any atom is -0.358 e. The highest BCUT2D eigenvalue weighted by molar-refractivity contribution is 7.88. The molecule has 2 fully saturated rings. The number of ether oxygens (including phenoxy) is 4. The Hall–Kier alpha value is -3.10. The van der Waals surface area contributed by atoms with Gasteiger partial charge in [0.05, 0.1) is 18.9 Å². The number of fused-ring (bicyclic) bond motifs is 1. The summed E-state index contributed by atoms with van der Waals surface area (Å²) in [7, 11) is -2.47. The maximum Gasteiger partial charge on any atom is 0.212 e. The van der Waals surface area contributed by atoms with E-state index >= 15 is 0 Å². The van der Waals surface area contributed by atoms with Gasteiger partial charge in [-0.05, 0) is 30.5 Å². The van der Waals surface area contributed by atoms with Crippen LogP contribution in [0.2, 0.25) is 0 Å². The van der Waals surface area contributed by atoms with Crippen molar-refractivity contribution >= 4 is 10.0 Å². The van der Waals surface area contributed by atoms with Gasteiger partial charge >= 0.3 is 0 Å². The van der Waals surface area contributed by atoms with Crippen LogP contribution in [0.4, 0.5) is 0 Å². The van der Waals surface area contributed by atoms with Crippen LogP contribution in [0.5, 0.6) is 0 Å². The molecule has 0 unspecified atom stereocenters. The van der Waals surface area contributed by atoms with Crippen molar-refractivity contribution in [3.05, 3.63) is 108 Å². The summed E-state index contributed by atoms with van der Waals surface area (Å²) in [6.07, 6.45) is -1.90. The number of nitriles is 1. The maximum absolute atomic E-state index is 12.8. The summed E-state index contributed by atoms with van der Waals surface area (Å²) in [5, 5.41) is 10.6. The first-order chi connectivity index (χ1) is 18.5. The Labute approximate surface area is 229 Å². The molecular weight excluding hydrogens is 516 g/mol. The van der Waals surface area contributed by atoms with Gasteiger partial charge < -0.3 is 18.9 Å². The lowest BCUT2D eigenvalue weighted by Gasteiger charge is -2.41. The van der Waals surface area contributed by atoms with E-state index in [1.54, 1.807) is 13.8 Å². The molecule has 0 aliphatic carbocycles. The summed E-state index contributed by atoms with van der Waals surface area (Å²) in [5.41, 5.74) is -0.215. The van der Waals surface area contributed by atoms with Gasteiger partial charge in [0.15, 0.2) is 17.6 Å². The Morgan fingerprint density at radius 2 is 1.36 bits per heavy atom. The van der Waals surface area contributed by atoms with Gasteiger partial charge in [0.2, 0.25) is 10.0 Å². The minimum atomic E-state index is -3.84. The van der Waals surface area contributed by atoms with E-state index in [1.807, 2.05) is 91.0 Å². The molecule has 2 aliphatic heterocycles. The molecule has 0 spiro atoms. The fourth-order valence-corrected chi connectivity index (χ4v) is 6.38. The SMILES string of the molecule is CN([C@]1(C#N)[C@@H](COC(c2ccccc2)(c2ccccc2)c2ccccc2)O[C@@H]2OC(C)(C)O[C@@H]21)S(C)(=O)=O. The van der Waals surface area contributed by atoms with Crippen LogP contribution in [0.3, 0.4) is 0 Å². The standard InChI is InChI=1S/C30H32N2O6S/c1-28(2)37-26-27(38-28)36-25(29(26,21-31)32(3)39(4,33)34)20-35-30(22-14-8-5-9-15-22,23-16-10-6-11-17-23)24-18-12-7-13-19-24/h5-19,25-27H,20H2,1-4H3/t25-,26+,27-,29-/m1/s1.